The summed E-state index contributed by atoms with van der Waals surface area (Å²) in [6, 6.07) is 8.99. The highest BCUT2D eigenvalue weighted by atomic mass is 79.9. The van der Waals surface area contributed by atoms with Gasteiger partial charge >= 0.3 is 0 Å². The number of aromatic nitrogens is 1. The highest BCUT2D eigenvalue weighted by Gasteiger charge is 2.07. The van der Waals surface area contributed by atoms with Crippen LogP contribution in [-0.2, 0) is 6.54 Å². The molecule has 1 amide bonds. The zero-order chi connectivity index (χ0) is 13.8. The molecule has 1 heterocycles. The molecule has 0 spiro atoms. The van der Waals surface area contributed by atoms with Crippen LogP contribution in [-0.4, -0.2) is 10.9 Å². The number of benzene rings is 1. The third-order valence-electron chi connectivity index (χ3n) is 2.68. The van der Waals surface area contributed by atoms with Gasteiger partial charge in [-0.1, -0.05) is 6.07 Å². The molecule has 0 saturated carbocycles. The molecule has 19 heavy (non-hydrogen) atoms. The predicted octanol–water partition coefficient (Wildman–Crippen LogP) is 2.66. The maximum atomic E-state index is 11.9. The van der Waals surface area contributed by atoms with E-state index < -0.39 is 0 Å². The quantitative estimate of drug-likeness (QED) is 0.855. The molecule has 0 aliphatic rings. The first-order valence-electron chi connectivity index (χ1n) is 5.81. The SMILES string of the molecule is Cc1ccc(CNC(=O)c2ccc(Br)c(N)c2)cn1. The molecule has 0 unspecified atom stereocenters. The Labute approximate surface area is 120 Å². The second kappa shape index (κ2) is 5.84. The number of nitrogens with zero attached hydrogens (tertiary/aromatic N) is 1. The van der Waals surface area contributed by atoms with Gasteiger partial charge in [-0.15, -0.1) is 0 Å². The van der Waals surface area contributed by atoms with Gasteiger partial charge in [-0.2, -0.15) is 0 Å². The fourth-order valence-corrected chi connectivity index (χ4v) is 1.82. The van der Waals surface area contributed by atoms with Gasteiger partial charge in [0.2, 0.25) is 0 Å². The fraction of sp³-hybridized carbons (Fsp3) is 0.143. The number of pyridine rings is 1. The molecule has 3 N–H and O–H groups in total. The Morgan fingerprint density at radius 3 is 2.79 bits per heavy atom. The first-order chi connectivity index (χ1) is 9.06. The molecule has 5 heteroatoms. The molecule has 0 radical (unpaired) electrons. The summed E-state index contributed by atoms with van der Waals surface area (Å²) < 4.78 is 0.784. The van der Waals surface area contributed by atoms with Crippen molar-refractivity contribution >= 4 is 27.5 Å². The zero-order valence-electron chi connectivity index (χ0n) is 10.5. The van der Waals surface area contributed by atoms with Crippen molar-refractivity contribution in [3.8, 4) is 0 Å². The van der Waals surface area contributed by atoms with Crippen molar-refractivity contribution in [2.45, 2.75) is 13.5 Å². The molecule has 98 valence electrons. The molecule has 0 aliphatic heterocycles. The number of carbonyl (C=O) groups excluding carboxylic acids is 1. The average Bonchev–Trinajstić information content (AvgIpc) is 2.41. The summed E-state index contributed by atoms with van der Waals surface area (Å²) in [5.41, 5.74) is 8.75. The summed E-state index contributed by atoms with van der Waals surface area (Å²) in [5, 5.41) is 2.83. The molecule has 1 aromatic heterocycles. The van der Waals surface area contributed by atoms with Crippen LogP contribution in [0.25, 0.3) is 0 Å². The topological polar surface area (TPSA) is 68.0 Å². The van der Waals surface area contributed by atoms with Crippen molar-refractivity contribution in [2.24, 2.45) is 0 Å². The number of nitrogens with one attached hydrogen (secondary N) is 1. The largest absolute Gasteiger partial charge is 0.398 e. The van der Waals surface area contributed by atoms with Crippen LogP contribution in [0.2, 0.25) is 0 Å². The number of nitrogens with two attached hydrogens (primary N) is 1. The van der Waals surface area contributed by atoms with Crippen molar-refractivity contribution in [3.05, 3.63) is 57.8 Å². The monoisotopic (exact) mass is 319 g/mol. The number of carbonyl (C=O) groups is 1. The minimum absolute atomic E-state index is 0.153. The molecule has 4 nitrogen and oxygen atoms in total. The van der Waals surface area contributed by atoms with Crippen LogP contribution < -0.4 is 11.1 Å². The number of hydrogen-bond donors (Lipinski definition) is 2. The lowest BCUT2D eigenvalue weighted by atomic mass is 10.2. The molecule has 0 bridgehead atoms. The first kappa shape index (κ1) is 13.5. The van der Waals surface area contributed by atoms with Gasteiger partial charge in [-0.25, -0.2) is 0 Å². The van der Waals surface area contributed by atoms with Gasteiger partial charge in [0.15, 0.2) is 0 Å². The summed E-state index contributed by atoms with van der Waals surface area (Å²) in [6.07, 6.45) is 1.76. The Bertz CT molecular complexity index is 596. The number of rotatable bonds is 3. The van der Waals surface area contributed by atoms with Crippen molar-refractivity contribution in [1.82, 2.24) is 10.3 Å². The molecular formula is C14H14BrN3O. The van der Waals surface area contributed by atoms with E-state index in [0.29, 0.717) is 17.8 Å². The van der Waals surface area contributed by atoms with E-state index in [0.717, 1.165) is 15.7 Å². The van der Waals surface area contributed by atoms with Gasteiger partial charge in [0.25, 0.3) is 5.91 Å². The third-order valence-corrected chi connectivity index (χ3v) is 3.41. The van der Waals surface area contributed by atoms with Crippen LogP contribution in [0, 0.1) is 6.92 Å². The van der Waals surface area contributed by atoms with Crippen molar-refractivity contribution in [1.29, 1.82) is 0 Å². The van der Waals surface area contributed by atoms with Gasteiger partial charge in [0.05, 0.1) is 0 Å². The fourth-order valence-electron chi connectivity index (χ4n) is 1.57. The molecular weight excluding hydrogens is 306 g/mol. The van der Waals surface area contributed by atoms with E-state index in [9.17, 15) is 4.79 Å². The number of aryl methyl sites for hydroxylation is 1. The van der Waals surface area contributed by atoms with Crippen LogP contribution in [0.4, 0.5) is 5.69 Å². The van der Waals surface area contributed by atoms with Crippen molar-refractivity contribution in [3.63, 3.8) is 0 Å². The second-order valence-electron chi connectivity index (χ2n) is 4.23. The summed E-state index contributed by atoms with van der Waals surface area (Å²) >= 11 is 3.30. The van der Waals surface area contributed by atoms with E-state index in [2.05, 4.69) is 26.2 Å². The van der Waals surface area contributed by atoms with Crippen LogP contribution in [0.15, 0.2) is 41.0 Å². The lowest BCUT2D eigenvalue weighted by Gasteiger charge is -2.07. The molecule has 2 aromatic rings. The number of anilines is 1. The second-order valence-corrected chi connectivity index (χ2v) is 5.08. The summed E-state index contributed by atoms with van der Waals surface area (Å²) in [7, 11) is 0. The molecule has 1 aromatic carbocycles. The Balaban J connectivity index is 2.01. The van der Waals surface area contributed by atoms with Gasteiger partial charge in [-0.3, -0.25) is 9.78 Å². The highest BCUT2D eigenvalue weighted by Crippen LogP contribution is 2.20. The van der Waals surface area contributed by atoms with Crippen molar-refractivity contribution in [2.75, 3.05) is 5.73 Å². The Morgan fingerprint density at radius 1 is 1.37 bits per heavy atom. The Kier molecular flexibility index (Phi) is 4.16. The summed E-state index contributed by atoms with van der Waals surface area (Å²) in [5.74, 6) is -0.153. The zero-order valence-corrected chi connectivity index (χ0v) is 12.1. The van der Waals surface area contributed by atoms with E-state index in [1.54, 1.807) is 24.4 Å². The van der Waals surface area contributed by atoms with E-state index in [4.69, 9.17) is 5.73 Å². The Hall–Kier alpha value is -1.88. The standard InChI is InChI=1S/C14H14BrN3O/c1-9-2-3-10(7-17-9)8-18-14(19)11-4-5-12(15)13(16)6-11/h2-7H,8,16H2,1H3,(H,18,19). The van der Waals surface area contributed by atoms with Gasteiger partial charge in [0.1, 0.15) is 0 Å². The predicted molar refractivity (Wildman–Crippen MR) is 78.7 cm³/mol. The van der Waals surface area contributed by atoms with Gasteiger partial charge < -0.3 is 11.1 Å². The maximum Gasteiger partial charge on any atom is 0.251 e. The molecule has 0 atom stereocenters. The minimum Gasteiger partial charge on any atom is -0.398 e. The maximum absolute atomic E-state index is 11.9. The minimum atomic E-state index is -0.153. The number of halogens is 1. The highest BCUT2D eigenvalue weighted by molar-refractivity contribution is 9.10. The molecule has 2 rings (SSSR count). The number of amides is 1. The molecule has 0 saturated heterocycles. The van der Waals surface area contributed by atoms with Crippen LogP contribution in [0.3, 0.4) is 0 Å². The lowest BCUT2D eigenvalue weighted by Crippen LogP contribution is -2.23. The molecule has 0 aliphatic carbocycles. The Morgan fingerprint density at radius 2 is 2.16 bits per heavy atom. The van der Waals surface area contributed by atoms with E-state index in [1.807, 2.05) is 19.1 Å². The molecule has 0 fully saturated rings. The van der Waals surface area contributed by atoms with Crippen LogP contribution >= 0.6 is 15.9 Å². The smallest absolute Gasteiger partial charge is 0.251 e. The average molecular weight is 320 g/mol. The van der Waals surface area contributed by atoms with Gasteiger partial charge in [0, 0.05) is 34.2 Å². The van der Waals surface area contributed by atoms with Crippen LogP contribution in [0.1, 0.15) is 21.6 Å². The van der Waals surface area contributed by atoms with Gasteiger partial charge in [-0.05, 0) is 52.7 Å². The number of hydrogen-bond acceptors (Lipinski definition) is 3. The third kappa shape index (κ3) is 3.54. The summed E-state index contributed by atoms with van der Waals surface area (Å²) in [4.78, 5) is 16.1. The van der Waals surface area contributed by atoms with E-state index in [-0.39, 0.29) is 5.91 Å². The number of nitrogen functional groups attached to an aromatic ring is 1. The van der Waals surface area contributed by atoms with E-state index >= 15 is 0 Å². The van der Waals surface area contributed by atoms with E-state index in [1.165, 1.54) is 0 Å². The first-order valence-corrected chi connectivity index (χ1v) is 6.60. The lowest BCUT2D eigenvalue weighted by molar-refractivity contribution is 0.0951. The summed E-state index contributed by atoms with van der Waals surface area (Å²) in [6.45, 7) is 2.37. The normalized spacial score (nSPS) is 10.2. The van der Waals surface area contributed by atoms with Crippen LogP contribution in [0.5, 0.6) is 0 Å². The van der Waals surface area contributed by atoms with Crippen molar-refractivity contribution < 1.29 is 4.79 Å².